The van der Waals surface area contributed by atoms with Crippen LogP contribution in [0.3, 0.4) is 0 Å². The number of nitrogens with zero attached hydrogens (tertiary/aromatic N) is 3. The number of ether oxygens (including phenoxy) is 4. The minimum Gasteiger partial charge on any atom is -0.497 e. The largest absolute Gasteiger partial charge is 0.497 e. The first kappa shape index (κ1) is 29.1. The van der Waals surface area contributed by atoms with Gasteiger partial charge < -0.3 is 28.8 Å². The van der Waals surface area contributed by atoms with Crippen molar-refractivity contribution in [2.75, 3.05) is 34.9 Å². The molecular formula is C31H34N4O6. The highest BCUT2D eigenvalue weighted by molar-refractivity contribution is 5.76. The summed E-state index contributed by atoms with van der Waals surface area (Å²) in [7, 11) is 6.55. The smallest absolute Gasteiger partial charge is 0.273 e. The molecule has 0 aliphatic heterocycles. The van der Waals surface area contributed by atoms with Crippen LogP contribution in [0.1, 0.15) is 23.2 Å². The number of aromatic amines is 1. The fourth-order valence-corrected chi connectivity index (χ4v) is 4.17. The lowest BCUT2D eigenvalue weighted by molar-refractivity contribution is -0.129. The Morgan fingerprint density at radius 3 is 2.32 bits per heavy atom. The highest BCUT2D eigenvalue weighted by Gasteiger charge is 2.14. The first-order valence-corrected chi connectivity index (χ1v) is 13.2. The van der Waals surface area contributed by atoms with E-state index < -0.39 is 0 Å². The maximum Gasteiger partial charge on any atom is 0.273 e. The summed E-state index contributed by atoms with van der Waals surface area (Å²) in [6.45, 7) is 0.917. The van der Waals surface area contributed by atoms with Gasteiger partial charge in [0.15, 0.2) is 17.3 Å². The molecular weight excluding hydrogens is 524 g/mol. The van der Waals surface area contributed by atoms with Gasteiger partial charge in [-0.25, -0.2) is 0 Å². The molecule has 0 fully saturated rings. The van der Waals surface area contributed by atoms with E-state index in [1.54, 1.807) is 57.5 Å². The number of benzene rings is 3. The topological polar surface area (TPSA) is 116 Å². The van der Waals surface area contributed by atoms with E-state index in [0.717, 1.165) is 16.9 Å². The lowest BCUT2D eigenvalue weighted by Crippen LogP contribution is -2.30. The van der Waals surface area contributed by atoms with Crippen molar-refractivity contribution in [1.82, 2.24) is 20.1 Å². The fourth-order valence-electron chi connectivity index (χ4n) is 4.17. The summed E-state index contributed by atoms with van der Waals surface area (Å²) < 4.78 is 21.7. The molecule has 3 aromatic carbocycles. The van der Waals surface area contributed by atoms with Crippen LogP contribution in [-0.2, 0) is 24.2 Å². The Bertz CT molecular complexity index is 1520. The highest BCUT2D eigenvalue weighted by atomic mass is 16.5. The number of nitrogens with one attached hydrogen (secondary N) is 1. The number of hydrogen-bond acceptors (Lipinski definition) is 8. The monoisotopic (exact) mass is 558 g/mol. The number of aryl methyl sites for hydroxylation is 1. The molecule has 4 rings (SSSR count). The van der Waals surface area contributed by atoms with Crippen LogP contribution >= 0.6 is 0 Å². The van der Waals surface area contributed by atoms with E-state index in [9.17, 15) is 9.59 Å². The summed E-state index contributed by atoms with van der Waals surface area (Å²) in [6, 6.07) is 20.6. The quantitative estimate of drug-likeness (QED) is 0.261. The third-order valence-electron chi connectivity index (χ3n) is 6.62. The molecule has 4 aromatic rings. The van der Waals surface area contributed by atoms with Crippen LogP contribution in [0.4, 0.5) is 0 Å². The van der Waals surface area contributed by atoms with Gasteiger partial charge in [0, 0.05) is 32.0 Å². The van der Waals surface area contributed by atoms with Gasteiger partial charge in [-0.05, 0) is 66.1 Å². The zero-order valence-corrected chi connectivity index (χ0v) is 23.7. The molecule has 0 bridgehead atoms. The van der Waals surface area contributed by atoms with Crippen LogP contribution in [0.25, 0.3) is 11.4 Å². The van der Waals surface area contributed by atoms with Gasteiger partial charge in [0.2, 0.25) is 5.91 Å². The molecule has 0 radical (unpaired) electrons. The highest BCUT2D eigenvalue weighted by Crippen LogP contribution is 2.27. The lowest BCUT2D eigenvalue weighted by atomic mass is 10.1. The normalized spacial score (nSPS) is 10.6. The summed E-state index contributed by atoms with van der Waals surface area (Å²) in [5.74, 6) is 3.02. The molecule has 0 atom stereocenters. The number of methoxy groups -OCH3 is 3. The van der Waals surface area contributed by atoms with Crippen molar-refractivity contribution >= 4 is 5.91 Å². The van der Waals surface area contributed by atoms with Crippen LogP contribution < -0.4 is 24.5 Å². The van der Waals surface area contributed by atoms with Crippen molar-refractivity contribution in [2.45, 2.75) is 25.9 Å². The second-order valence-electron chi connectivity index (χ2n) is 9.37. The standard InChI is InChI=1S/C31H34N4O6/c1-35(17-16-21-8-14-27(39-3)28(19-21)40-4)29(36)15-13-26-31(37)32-30(34-33-26)23-9-11-24(12-10-23)41-20-22-6-5-7-25(18-22)38-2/h5-12,14,18-19H,13,15-17,20H2,1-4H3,(H,32,34,37). The van der Waals surface area contributed by atoms with Crippen LogP contribution in [0.5, 0.6) is 23.0 Å². The van der Waals surface area contributed by atoms with Crippen molar-refractivity contribution in [3.05, 3.63) is 93.9 Å². The average Bonchev–Trinajstić information content (AvgIpc) is 3.02. The lowest BCUT2D eigenvalue weighted by Gasteiger charge is -2.17. The van der Waals surface area contributed by atoms with Gasteiger partial charge in [-0.1, -0.05) is 18.2 Å². The number of amides is 1. The van der Waals surface area contributed by atoms with Crippen molar-refractivity contribution in [2.24, 2.45) is 0 Å². The number of carbonyl (C=O) groups excluding carboxylic acids is 1. The average molecular weight is 559 g/mol. The van der Waals surface area contributed by atoms with E-state index in [2.05, 4.69) is 15.2 Å². The van der Waals surface area contributed by atoms with E-state index in [1.165, 1.54) is 0 Å². The number of carbonyl (C=O) groups is 1. The Morgan fingerprint density at radius 1 is 0.829 bits per heavy atom. The number of hydrogen-bond donors (Lipinski definition) is 1. The maximum absolute atomic E-state index is 12.7. The van der Waals surface area contributed by atoms with Gasteiger partial charge in [0.25, 0.3) is 5.56 Å². The van der Waals surface area contributed by atoms with E-state index in [1.807, 2.05) is 42.5 Å². The molecule has 0 aliphatic carbocycles. The number of likely N-dealkylation sites (N-methyl/N-ethyl adjacent to an activating group) is 1. The molecule has 1 heterocycles. The molecule has 10 nitrogen and oxygen atoms in total. The molecule has 214 valence electrons. The number of H-pyrrole nitrogens is 1. The molecule has 0 unspecified atom stereocenters. The van der Waals surface area contributed by atoms with Gasteiger partial charge in [-0.2, -0.15) is 0 Å². The predicted octanol–water partition coefficient (Wildman–Crippen LogP) is 4.07. The van der Waals surface area contributed by atoms with Gasteiger partial charge in [0.05, 0.1) is 21.3 Å². The molecule has 10 heteroatoms. The summed E-state index contributed by atoms with van der Waals surface area (Å²) in [6.07, 6.45) is 1.00. The Labute approximate surface area is 238 Å². The fraction of sp³-hybridized carbons (Fsp3) is 0.290. The first-order chi connectivity index (χ1) is 19.9. The second-order valence-corrected chi connectivity index (χ2v) is 9.37. The minimum atomic E-state index is -0.367. The molecule has 1 aromatic heterocycles. The Kier molecular flexibility index (Phi) is 9.93. The van der Waals surface area contributed by atoms with Crippen LogP contribution in [-0.4, -0.2) is 60.9 Å². The van der Waals surface area contributed by atoms with Gasteiger partial charge in [-0.15, -0.1) is 10.2 Å². The maximum atomic E-state index is 12.7. The van der Waals surface area contributed by atoms with Gasteiger partial charge in [0.1, 0.15) is 23.8 Å². The van der Waals surface area contributed by atoms with Crippen molar-refractivity contribution in [1.29, 1.82) is 0 Å². The van der Waals surface area contributed by atoms with Crippen molar-refractivity contribution < 1.29 is 23.7 Å². The minimum absolute atomic E-state index is 0.0831. The van der Waals surface area contributed by atoms with Crippen LogP contribution in [0.15, 0.2) is 71.5 Å². The van der Waals surface area contributed by atoms with Crippen LogP contribution in [0, 0.1) is 0 Å². The number of rotatable bonds is 13. The third kappa shape index (κ3) is 7.84. The van der Waals surface area contributed by atoms with E-state index in [4.69, 9.17) is 18.9 Å². The Morgan fingerprint density at radius 2 is 1.61 bits per heavy atom. The van der Waals surface area contributed by atoms with Gasteiger partial charge in [-0.3, -0.25) is 9.59 Å². The summed E-state index contributed by atoms with van der Waals surface area (Å²) >= 11 is 0. The second kappa shape index (κ2) is 14.0. The Hall–Kier alpha value is -4.86. The molecule has 1 N–H and O–H groups in total. The van der Waals surface area contributed by atoms with Crippen LogP contribution in [0.2, 0.25) is 0 Å². The first-order valence-electron chi connectivity index (χ1n) is 13.2. The summed E-state index contributed by atoms with van der Waals surface area (Å²) in [4.78, 5) is 29.7. The number of aromatic nitrogens is 3. The summed E-state index contributed by atoms with van der Waals surface area (Å²) in [5.41, 5.74) is 2.56. The van der Waals surface area contributed by atoms with Crippen molar-refractivity contribution in [3.8, 4) is 34.4 Å². The SMILES string of the molecule is COc1cccc(COc2ccc(-c3nnc(CCC(=O)N(C)CCc4ccc(OC)c(OC)c4)c(=O)[nH]3)cc2)c1. The van der Waals surface area contributed by atoms with Crippen molar-refractivity contribution in [3.63, 3.8) is 0 Å². The third-order valence-corrected chi connectivity index (χ3v) is 6.62. The predicted molar refractivity (Wildman–Crippen MR) is 155 cm³/mol. The molecule has 0 saturated carbocycles. The Balaban J connectivity index is 1.28. The molecule has 0 aliphatic rings. The van der Waals surface area contributed by atoms with E-state index in [-0.39, 0.29) is 30.0 Å². The zero-order valence-electron chi connectivity index (χ0n) is 23.7. The molecule has 1 amide bonds. The van der Waals surface area contributed by atoms with E-state index in [0.29, 0.717) is 48.2 Å². The summed E-state index contributed by atoms with van der Waals surface area (Å²) in [5, 5.41) is 8.27. The van der Waals surface area contributed by atoms with E-state index >= 15 is 0 Å². The van der Waals surface area contributed by atoms with Gasteiger partial charge >= 0.3 is 0 Å². The molecule has 0 saturated heterocycles. The molecule has 41 heavy (non-hydrogen) atoms. The molecule has 0 spiro atoms. The zero-order chi connectivity index (χ0) is 29.2.